The minimum atomic E-state index is -0.890. The van der Waals surface area contributed by atoms with Crippen LogP contribution in [0.25, 0.3) is 5.57 Å². The highest BCUT2D eigenvalue weighted by Gasteiger charge is 2.32. The maximum atomic E-state index is 10.9. The average Bonchev–Trinajstić information content (AvgIpc) is 2.32. The van der Waals surface area contributed by atoms with E-state index >= 15 is 0 Å². The second kappa shape index (κ2) is 4.48. The van der Waals surface area contributed by atoms with E-state index in [4.69, 9.17) is 9.84 Å². The molecule has 1 aromatic carbocycles. The summed E-state index contributed by atoms with van der Waals surface area (Å²) < 4.78 is 5.43. The summed E-state index contributed by atoms with van der Waals surface area (Å²) in [5, 5.41) is 8.94. The fourth-order valence-electron chi connectivity index (χ4n) is 2.67. The highest BCUT2D eigenvalue weighted by atomic mass is 16.5. The minimum Gasteiger partial charge on any atom is -0.496 e. The molecule has 0 bridgehead atoms. The van der Waals surface area contributed by atoms with Crippen LogP contribution < -0.4 is 4.74 Å². The topological polar surface area (TPSA) is 46.5 Å². The van der Waals surface area contributed by atoms with E-state index < -0.39 is 5.97 Å². The van der Waals surface area contributed by atoms with Crippen molar-refractivity contribution in [1.82, 2.24) is 0 Å². The predicted molar refractivity (Wildman–Crippen MR) is 70.9 cm³/mol. The van der Waals surface area contributed by atoms with E-state index in [0.29, 0.717) is 0 Å². The van der Waals surface area contributed by atoms with Crippen molar-refractivity contribution < 1.29 is 14.6 Å². The van der Waals surface area contributed by atoms with Gasteiger partial charge in [-0.2, -0.15) is 0 Å². The summed E-state index contributed by atoms with van der Waals surface area (Å²) in [6.45, 7) is 4.35. The lowest BCUT2D eigenvalue weighted by Gasteiger charge is -2.35. The molecule has 1 N–H and O–H groups in total. The van der Waals surface area contributed by atoms with Gasteiger partial charge in [-0.1, -0.05) is 26.0 Å². The first-order valence-corrected chi connectivity index (χ1v) is 6.07. The van der Waals surface area contributed by atoms with Crippen molar-refractivity contribution in [1.29, 1.82) is 0 Å². The van der Waals surface area contributed by atoms with Crippen molar-refractivity contribution in [2.75, 3.05) is 7.11 Å². The van der Waals surface area contributed by atoms with Crippen molar-refractivity contribution in [3.05, 3.63) is 35.4 Å². The predicted octanol–water partition coefficient (Wildman–Crippen LogP) is 3.23. The van der Waals surface area contributed by atoms with Crippen LogP contribution in [-0.4, -0.2) is 18.2 Å². The van der Waals surface area contributed by atoms with E-state index in [0.717, 1.165) is 35.3 Å². The minimum absolute atomic E-state index is 0.0117. The molecule has 96 valence electrons. The quantitative estimate of drug-likeness (QED) is 0.815. The molecule has 0 radical (unpaired) electrons. The maximum absolute atomic E-state index is 10.9. The van der Waals surface area contributed by atoms with Gasteiger partial charge in [-0.3, -0.25) is 0 Å². The van der Waals surface area contributed by atoms with Gasteiger partial charge in [-0.05, 0) is 35.5 Å². The van der Waals surface area contributed by atoms with Crippen molar-refractivity contribution in [3.8, 4) is 5.75 Å². The number of hydrogen-bond donors (Lipinski definition) is 1. The maximum Gasteiger partial charge on any atom is 0.328 e. The van der Waals surface area contributed by atoms with Crippen LogP contribution in [0.3, 0.4) is 0 Å². The van der Waals surface area contributed by atoms with Gasteiger partial charge in [0.25, 0.3) is 0 Å². The number of hydrogen-bond acceptors (Lipinski definition) is 2. The number of aliphatic carboxylic acids is 1. The zero-order valence-electron chi connectivity index (χ0n) is 11.0. The Labute approximate surface area is 107 Å². The van der Waals surface area contributed by atoms with Gasteiger partial charge in [0.05, 0.1) is 7.11 Å². The molecule has 0 saturated heterocycles. The van der Waals surface area contributed by atoms with E-state index in [9.17, 15) is 4.79 Å². The Morgan fingerprint density at radius 1 is 1.44 bits per heavy atom. The molecule has 2 rings (SSSR count). The van der Waals surface area contributed by atoms with Gasteiger partial charge in [-0.15, -0.1) is 0 Å². The molecule has 18 heavy (non-hydrogen) atoms. The molecule has 0 spiro atoms. The van der Waals surface area contributed by atoms with Gasteiger partial charge in [0.2, 0.25) is 0 Å². The number of benzene rings is 1. The van der Waals surface area contributed by atoms with Gasteiger partial charge >= 0.3 is 5.97 Å². The monoisotopic (exact) mass is 246 g/mol. The molecule has 1 aliphatic rings. The highest BCUT2D eigenvalue weighted by Crippen LogP contribution is 2.46. The van der Waals surface area contributed by atoms with Gasteiger partial charge in [-0.25, -0.2) is 4.79 Å². The van der Waals surface area contributed by atoms with Crippen molar-refractivity contribution >= 4 is 11.5 Å². The van der Waals surface area contributed by atoms with Crippen LogP contribution in [-0.2, 0) is 10.2 Å². The van der Waals surface area contributed by atoms with Gasteiger partial charge in [0.1, 0.15) is 5.75 Å². The van der Waals surface area contributed by atoms with Crippen LogP contribution in [0.4, 0.5) is 0 Å². The second-order valence-corrected chi connectivity index (χ2v) is 5.27. The number of rotatable bonds is 2. The SMILES string of the molecule is COc1cccc2c1C(C)(C)CC/C2=C\C(=O)O. The third-order valence-corrected chi connectivity index (χ3v) is 3.59. The fraction of sp³-hybridized carbons (Fsp3) is 0.400. The Morgan fingerprint density at radius 2 is 2.17 bits per heavy atom. The molecule has 0 aromatic heterocycles. The summed E-state index contributed by atoms with van der Waals surface area (Å²) in [5.41, 5.74) is 3.02. The van der Waals surface area contributed by atoms with Crippen LogP contribution in [0.2, 0.25) is 0 Å². The molecule has 3 heteroatoms. The lowest BCUT2D eigenvalue weighted by Crippen LogP contribution is -2.24. The first-order valence-electron chi connectivity index (χ1n) is 6.07. The third kappa shape index (κ3) is 2.13. The Balaban J connectivity index is 2.65. The van der Waals surface area contributed by atoms with E-state index in [2.05, 4.69) is 13.8 Å². The van der Waals surface area contributed by atoms with Crippen LogP contribution in [0, 0.1) is 0 Å². The van der Waals surface area contributed by atoms with Crippen LogP contribution in [0.5, 0.6) is 5.75 Å². The standard InChI is InChI=1S/C15H18O3/c1-15(2)8-7-10(9-13(16)17)11-5-4-6-12(18-3)14(11)15/h4-6,9H,7-8H2,1-3H3,(H,16,17)/b10-9+. The second-order valence-electron chi connectivity index (χ2n) is 5.27. The summed E-state index contributed by atoms with van der Waals surface area (Å²) in [6, 6.07) is 5.83. The molecule has 0 unspecified atom stereocenters. The van der Waals surface area contributed by atoms with E-state index in [1.165, 1.54) is 6.08 Å². The van der Waals surface area contributed by atoms with E-state index in [1.54, 1.807) is 7.11 Å². The number of fused-ring (bicyclic) bond motifs is 1. The number of carboxylic acids is 1. The highest BCUT2D eigenvalue weighted by molar-refractivity contribution is 5.91. The number of carbonyl (C=O) groups is 1. The molecule has 1 aromatic rings. The molecule has 1 aliphatic carbocycles. The van der Waals surface area contributed by atoms with Crippen molar-refractivity contribution in [3.63, 3.8) is 0 Å². The lowest BCUT2D eigenvalue weighted by molar-refractivity contribution is -0.131. The van der Waals surface area contributed by atoms with Crippen LogP contribution in [0.15, 0.2) is 24.3 Å². The molecular weight excluding hydrogens is 228 g/mol. The summed E-state index contributed by atoms with van der Waals surface area (Å²) in [5.74, 6) is -0.0491. The Morgan fingerprint density at radius 3 is 2.78 bits per heavy atom. The van der Waals surface area contributed by atoms with Crippen LogP contribution in [0.1, 0.15) is 37.8 Å². The first kappa shape index (κ1) is 12.7. The first-order chi connectivity index (χ1) is 8.45. The van der Waals surface area contributed by atoms with Crippen molar-refractivity contribution in [2.45, 2.75) is 32.1 Å². The number of ether oxygens (including phenoxy) is 1. The number of methoxy groups -OCH3 is 1. The van der Waals surface area contributed by atoms with Crippen LogP contribution >= 0.6 is 0 Å². The zero-order valence-corrected chi connectivity index (χ0v) is 11.0. The molecule has 0 fully saturated rings. The summed E-state index contributed by atoms with van der Waals surface area (Å²) in [7, 11) is 1.65. The Kier molecular flexibility index (Phi) is 3.16. The third-order valence-electron chi connectivity index (χ3n) is 3.59. The fourth-order valence-corrected chi connectivity index (χ4v) is 2.67. The molecule has 3 nitrogen and oxygen atoms in total. The average molecular weight is 246 g/mol. The molecular formula is C15H18O3. The smallest absolute Gasteiger partial charge is 0.328 e. The van der Waals surface area contributed by atoms with Crippen molar-refractivity contribution in [2.24, 2.45) is 0 Å². The van der Waals surface area contributed by atoms with Gasteiger partial charge < -0.3 is 9.84 Å². The molecule has 0 saturated carbocycles. The number of allylic oxidation sites excluding steroid dienone is 1. The van der Waals surface area contributed by atoms with Gasteiger partial charge in [0, 0.05) is 11.6 Å². The molecule has 0 aliphatic heterocycles. The van der Waals surface area contributed by atoms with Gasteiger partial charge in [0.15, 0.2) is 0 Å². The lowest BCUT2D eigenvalue weighted by atomic mass is 9.70. The normalized spacial score (nSPS) is 19.4. The summed E-state index contributed by atoms with van der Waals surface area (Å²) >= 11 is 0. The molecule has 0 heterocycles. The largest absolute Gasteiger partial charge is 0.496 e. The van der Waals surface area contributed by atoms with E-state index in [1.807, 2.05) is 18.2 Å². The number of carboxylic acid groups (broad SMARTS) is 1. The molecule has 0 atom stereocenters. The summed E-state index contributed by atoms with van der Waals surface area (Å²) in [4.78, 5) is 10.9. The Bertz CT molecular complexity index is 512. The summed E-state index contributed by atoms with van der Waals surface area (Å²) in [6.07, 6.45) is 3.03. The molecule has 0 amide bonds. The van der Waals surface area contributed by atoms with E-state index in [-0.39, 0.29) is 5.41 Å². The Hall–Kier alpha value is -1.77. The zero-order chi connectivity index (χ0) is 13.3.